The standard InChI is InChI=1S/C13H8N4O/c14-5-9(6-15)7-16-11-2-1-10-3-12(18)8-17-13(10)4-11/h1-4,7-8,16,18H. The van der Waals surface area contributed by atoms with Crippen molar-refractivity contribution in [1.29, 1.82) is 10.5 Å². The second kappa shape index (κ2) is 4.86. The van der Waals surface area contributed by atoms with E-state index >= 15 is 0 Å². The van der Waals surface area contributed by atoms with E-state index in [1.165, 1.54) is 12.4 Å². The molecule has 0 unspecified atom stereocenters. The molecular formula is C13H8N4O. The summed E-state index contributed by atoms with van der Waals surface area (Å²) in [4.78, 5) is 4.07. The summed E-state index contributed by atoms with van der Waals surface area (Å²) in [5.41, 5.74) is 1.42. The lowest BCUT2D eigenvalue weighted by molar-refractivity contribution is 0.474. The number of nitrogens with zero attached hydrogens (tertiary/aromatic N) is 3. The van der Waals surface area contributed by atoms with Crippen molar-refractivity contribution in [3.05, 3.63) is 42.2 Å². The van der Waals surface area contributed by atoms with E-state index in [1.54, 1.807) is 36.4 Å². The van der Waals surface area contributed by atoms with Crippen LogP contribution in [0, 0.1) is 22.7 Å². The van der Waals surface area contributed by atoms with E-state index in [1.807, 2.05) is 0 Å². The number of pyridine rings is 1. The molecular weight excluding hydrogens is 228 g/mol. The highest BCUT2D eigenvalue weighted by atomic mass is 16.3. The molecule has 5 nitrogen and oxygen atoms in total. The Morgan fingerprint density at radius 2 is 2.06 bits per heavy atom. The van der Waals surface area contributed by atoms with Crippen LogP contribution in [-0.2, 0) is 0 Å². The van der Waals surface area contributed by atoms with Crippen molar-refractivity contribution in [1.82, 2.24) is 4.98 Å². The Balaban J connectivity index is 2.32. The van der Waals surface area contributed by atoms with Gasteiger partial charge < -0.3 is 10.4 Å². The Labute approximate surface area is 103 Å². The topological polar surface area (TPSA) is 92.7 Å². The summed E-state index contributed by atoms with van der Waals surface area (Å²) in [5.74, 6) is 0.111. The third-order valence-electron chi connectivity index (χ3n) is 2.29. The minimum Gasteiger partial charge on any atom is -0.506 e. The van der Waals surface area contributed by atoms with Crippen molar-refractivity contribution in [2.75, 3.05) is 5.32 Å². The molecule has 0 spiro atoms. The van der Waals surface area contributed by atoms with Gasteiger partial charge in [-0.05, 0) is 18.2 Å². The zero-order valence-electron chi connectivity index (χ0n) is 9.25. The summed E-state index contributed by atoms with van der Waals surface area (Å²) >= 11 is 0. The average Bonchev–Trinajstić information content (AvgIpc) is 2.40. The second-order valence-corrected chi connectivity index (χ2v) is 3.53. The number of nitriles is 2. The van der Waals surface area contributed by atoms with Gasteiger partial charge in [0.05, 0.1) is 11.7 Å². The first-order valence-electron chi connectivity index (χ1n) is 5.08. The molecule has 0 saturated heterocycles. The van der Waals surface area contributed by atoms with Crippen LogP contribution in [0.2, 0.25) is 0 Å². The van der Waals surface area contributed by atoms with Gasteiger partial charge in [0.1, 0.15) is 23.5 Å². The summed E-state index contributed by atoms with van der Waals surface area (Å²) < 4.78 is 0. The van der Waals surface area contributed by atoms with E-state index in [0.717, 1.165) is 5.39 Å². The second-order valence-electron chi connectivity index (χ2n) is 3.53. The molecule has 0 aliphatic carbocycles. The van der Waals surface area contributed by atoms with Gasteiger partial charge in [-0.1, -0.05) is 6.07 Å². The maximum Gasteiger partial charge on any atom is 0.145 e. The highest BCUT2D eigenvalue weighted by molar-refractivity contribution is 5.83. The van der Waals surface area contributed by atoms with Gasteiger partial charge in [0.15, 0.2) is 0 Å². The lowest BCUT2D eigenvalue weighted by atomic mass is 10.2. The molecule has 0 bridgehead atoms. The largest absolute Gasteiger partial charge is 0.506 e. The molecule has 1 heterocycles. The van der Waals surface area contributed by atoms with Gasteiger partial charge >= 0.3 is 0 Å². The highest BCUT2D eigenvalue weighted by Crippen LogP contribution is 2.20. The zero-order valence-corrected chi connectivity index (χ0v) is 9.25. The summed E-state index contributed by atoms with van der Waals surface area (Å²) in [7, 11) is 0. The number of anilines is 1. The van der Waals surface area contributed by atoms with Crippen LogP contribution < -0.4 is 5.32 Å². The van der Waals surface area contributed by atoms with E-state index in [4.69, 9.17) is 10.5 Å². The van der Waals surface area contributed by atoms with Crippen LogP contribution in [0.15, 0.2) is 42.2 Å². The molecule has 0 atom stereocenters. The van der Waals surface area contributed by atoms with Crippen LogP contribution in [-0.4, -0.2) is 10.1 Å². The van der Waals surface area contributed by atoms with Gasteiger partial charge in [0, 0.05) is 17.3 Å². The van der Waals surface area contributed by atoms with Gasteiger partial charge in [-0.2, -0.15) is 10.5 Å². The van der Waals surface area contributed by atoms with Crippen LogP contribution in [0.1, 0.15) is 0 Å². The van der Waals surface area contributed by atoms with E-state index in [2.05, 4.69) is 10.3 Å². The van der Waals surface area contributed by atoms with Crippen molar-refractivity contribution in [2.24, 2.45) is 0 Å². The fourth-order valence-corrected chi connectivity index (χ4v) is 1.44. The Morgan fingerprint density at radius 3 is 2.78 bits per heavy atom. The lowest BCUT2D eigenvalue weighted by Gasteiger charge is -2.03. The van der Waals surface area contributed by atoms with Crippen molar-refractivity contribution in [2.45, 2.75) is 0 Å². The van der Waals surface area contributed by atoms with Gasteiger partial charge in [0.25, 0.3) is 0 Å². The molecule has 0 saturated carbocycles. The Morgan fingerprint density at radius 1 is 1.28 bits per heavy atom. The third-order valence-corrected chi connectivity index (χ3v) is 2.29. The van der Waals surface area contributed by atoms with Crippen molar-refractivity contribution in [3.63, 3.8) is 0 Å². The number of aromatic nitrogens is 1. The molecule has 5 heteroatoms. The summed E-state index contributed by atoms with van der Waals surface area (Å²) in [6.45, 7) is 0. The van der Waals surface area contributed by atoms with Crippen molar-refractivity contribution >= 4 is 16.6 Å². The Hall–Kier alpha value is -3.05. The summed E-state index contributed by atoms with van der Waals surface area (Å²) in [5, 5.41) is 30.1. The number of rotatable bonds is 2. The van der Waals surface area contributed by atoms with E-state index in [9.17, 15) is 5.11 Å². The monoisotopic (exact) mass is 236 g/mol. The smallest absolute Gasteiger partial charge is 0.145 e. The van der Waals surface area contributed by atoms with Crippen LogP contribution in [0.5, 0.6) is 5.75 Å². The van der Waals surface area contributed by atoms with Crippen molar-refractivity contribution < 1.29 is 5.11 Å². The zero-order chi connectivity index (χ0) is 13.0. The van der Waals surface area contributed by atoms with E-state index in [0.29, 0.717) is 11.2 Å². The number of hydrogen-bond donors (Lipinski definition) is 2. The van der Waals surface area contributed by atoms with Crippen molar-refractivity contribution in [3.8, 4) is 17.9 Å². The number of nitrogens with one attached hydrogen (secondary N) is 1. The van der Waals surface area contributed by atoms with Crippen LogP contribution in [0.4, 0.5) is 5.69 Å². The maximum absolute atomic E-state index is 9.28. The predicted molar refractivity (Wildman–Crippen MR) is 66.3 cm³/mol. The molecule has 18 heavy (non-hydrogen) atoms. The predicted octanol–water partition coefficient (Wildman–Crippen LogP) is 2.28. The maximum atomic E-state index is 9.28. The molecule has 1 aromatic heterocycles. The summed E-state index contributed by atoms with van der Waals surface area (Å²) in [6, 6.07) is 10.4. The van der Waals surface area contributed by atoms with Gasteiger partial charge in [-0.15, -0.1) is 0 Å². The lowest BCUT2D eigenvalue weighted by Crippen LogP contribution is -1.90. The van der Waals surface area contributed by atoms with Crippen LogP contribution in [0.3, 0.4) is 0 Å². The first kappa shape index (κ1) is 11.4. The molecule has 86 valence electrons. The van der Waals surface area contributed by atoms with Crippen LogP contribution >= 0.6 is 0 Å². The molecule has 2 aromatic rings. The first-order valence-corrected chi connectivity index (χ1v) is 5.08. The molecule has 2 N–H and O–H groups in total. The van der Waals surface area contributed by atoms with E-state index in [-0.39, 0.29) is 11.3 Å². The molecule has 2 rings (SSSR count). The first-order chi connectivity index (χ1) is 8.72. The van der Waals surface area contributed by atoms with Gasteiger partial charge in [-0.3, -0.25) is 4.98 Å². The van der Waals surface area contributed by atoms with Crippen LogP contribution in [0.25, 0.3) is 10.9 Å². The SMILES string of the molecule is N#CC(C#N)=CNc1ccc2cc(O)cnc2c1. The van der Waals surface area contributed by atoms with Gasteiger partial charge in [-0.25, -0.2) is 0 Å². The fourth-order valence-electron chi connectivity index (χ4n) is 1.44. The Bertz CT molecular complexity index is 691. The number of hydrogen-bond acceptors (Lipinski definition) is 5. The molecule has 0 fully saturated rings. The number of allylic oxidation sites excluding steroid dienone is 1. The highest BCUT2D eigenvalue weighted by Gasteiger charge is 1.98. The molecule has 0 radical (unpaired) electrons. The molecule has 0 aliphatic rings. The van der Waals surface area contributed by atoms with Gasteiger partial charge in [0.2, 0.25) is 0 Å². The number of aromatic hydroxyl groups is 1. The van der Waals surface area contributed by atoms with E-state index < -0.39 is 0 Å². The average molecular weight is 236 g/mol. The molecule has 1 aromatic carbocycles. The molecule has 0 aliphatic heterocycles. The fraction of sp³-hybridized carbons (Fsp3) is 0. The normalized spacial score (nSPS) is 9.22. The summed E-state index contributed by atoms with van der Waals surface area (Å²) in [6.07, 6.45) is 2.69. The number of fused-ring (bicyclic) bond motifs is 1. The quantitative estimate of drug-likeness (QED) is 0.780. The minimum atomic E-state index is -0.00578. The third kappa shape index (κ3) is 2.37. The Kier molecular flexibility index (Phi) is 3.08. The molecule has 0 amide bonds. The minimum absolute atomic E-state index is 0.00578. The number of benzene rings is 1.